The zero-order chi connectivity index (χ0) is 15.7. The number of rotatable bonds is 4. The van der Waals surface area contributed by atoms with Gasteiger partial charge in [-0.15, -0.1) is 0 Å². The molecular formula is C15H13BrN2O3S. The van der Waals surface area contributed by atoms with Gasteiger partial charge >= 0.3 is 4.87 Å². The number of fused-ring (bicyclic) bond motifs is 1. The van der Waals surface area contributed by atoms with Gasteiger partial charge in [0.15, 0.2) is 0 Å². The number of halogens is 1. The van der Waals surface area contributed by atoms with E-state index in [1.807, 2.05) is 18.2 Å². The van der Waals surface area contributed by atoms with Gasteiger partial charge in [0.1, 0.15) is 0 Å². The number of methoxy groups -OCH3 is 1. The third kappa shape index (κ3) is 2.79. The van der Waals surface area contributed by atoms with Crippen LogP contribution in [-0.4, -0.2) is 29.6 Å². The number of aliphatic imine (C=N–C) groups is 1. The summed E-state index contributed by atoms with van der Waals surface area (Å²) in [5, 5.41) is 10.2. The van der Waals surface area contributed by atoms with Crippen LogP contribution in [0.25, 0.3) is 11.6 Å². The Morgan fingerprint density at radius 1 is 1.50 bits per heavy atom. The third-order valence-corrected chi connectivity index (χ3v) is 4.72. The monoisotopic (exact) mass is 380 g/mol. The van der Waals surface area contributed by atoms with Crippen molar-refractivity contribution in [3.63, 3.8) is 0 Å². The van der Waals surface area contributed by atoms with E-state index >= 15 is 0 Å². The molecule has 0 amide bonds. The van der Waals surface area contributed by atoms with Gasteiger partial charge in [0, 0.05) is 28.9 Å². The van der Waals surface area contributed by atoms with Gasteiger partial charge in [-0.1, -0.05) is 27.3 Å². The molecule has 22 heavy (non-hydrogen) atoms. The van der Waals surface area contributed by atoms with Crippen LogP contribution in [0.15, 0.2) is 32.5 Å². The van der Waals surface area contributed by atoms with Gasteiger partial charge in [-0.2, -0.15) is 0 Å². The van der Waals surface area contributed by atoms with E-state index in [9.17, 15) is 9.90 Å². The Morgan fingerprint density at radius 2 is 2.32 bits per heavy atom. The largest absolute Gasteiger partial charge is 0.493 e. The maximum absolute atomic E-state index is 11.9. The molecule has 0 spiro atoms. The molecule has 7 heteroatoms. The minimum Gasteiger partial charge on any atom is -0.493 e. The Morgan fingerprint density at radius 3 is 3.09 bits per heavy atom. The molecule has 2 heterocycles. The summed E-state index contributed by atoms with van der Waals surface area (Å²) in [7, 11) is 1.56. The van der Waals surface area contributed by atoms with E-state index in [2.05, 4.69) is 20.9 Å². The average Bonchev–Trinajstić information content (AvgIpc) is 3.00. The van der Waals surface area contributed by atoms with Gasteiger partial charge < -0.3 is 9.84 Å². The van der Waals surface area contributed by atoms with Gasteiger partial charge in [-0.05, 0) is 24.3 Å². The maximum Gasteiger partial charge on any atom is 0.310 e. The lowest BCUT2D eigenvalue weighted by molar-refractivity contribution is 0.183. The maximum atomic E-state index is 11.9. The number of hydrogen-bond acceptors (Lipinski definition) is 5. The molecule has 0 atom stereocenters. The van der Waals surface area contributed by atoms with Crippen LogP contribution >= 0.6 is 27.3 Å². The predicted octanol–water partition coefficient (Wildman–Crippen LogP) is 3.28. The van der Waals surface area contributed by atoms with E-state index in [1.54, 1.807) is 19.4 Å². The lowest BCUT2D eigenvalue weighted by Crippen LogP contribution is -2.15. The van der Waals surface area contributed by atoms with Gasteiger partial charge in [-0.3, -0.25) is 14.4 Å². The fourth-order valence-electron chi connectivity index (χ4n) is 2.21. The standard InChI is InChI=1S/C15H13BrN2O3S/c1-21-5-4-18-14(19)13(22-15(18)20)6-9-8-17-12-3-2-10(16)7-11(9)12/h2-3,6-8,19H,4-5H2,1H3. The topological polar surface area (TPSA) is 63.8 Å². The molecule has 114 valence electrons. The zero-order valence-electron chi connectivity index (χ0n) is 11.7. The van der Waals surface area contributed by atoms with Crippen molar-refractivity contribution in [1.29, 1.82) is 0 Å². The van der Waals surface area contributed by atoms with Crippen molar-refractivity contribution >= 4 is 50.8 Å². The van der Waals surface area contributed by atoms with Crippen LogP contribution in [0.4, 0.5) is 5.69 Å². The molecule has 0 unspecified atom stereocenters. The molecule has 1 aliphatic rings. The van der Waals surface area contributed by atoms with Crippen molar-refractivity contribution in [1.82, 2.24) is 4.57 Å². The zero-order valence-corrected chi connectivity index (χ0v) is 14.1. The molecule has 0 fully saturated rings. The number of allylic oxidation sites excluding steroid dienone is 1. The molecule has 0 saturated carbocycles. The number of benzene rings is 1. The van der Waals surface area contributed by atoms with Crippen molar-refractivity contribution in [2.45, 2.75) is 6.54 Å². The highest BCUT2D eigenvalue weighted by Crippen LogP contribution is 2.36. The minimum absolute atomic E-state index is 0.0311. The molecule has 1 aliphatic heterocycles. The summed E-state index contributed by atoms with van der Waals surface area (Å²) in [5.41, 5.74) is 2.71. The SMILES string of the molecule is COCCn1c(O)c(C=C2C=Nc3ccc(Br)cc32)sc1=O. The van der Waals surface area contributed by atoms with Crippen LogP contribution in [0.2, 0.25) is 0 Å². The van der Waals surface area contributed by atoms with Crippen LogP contribution in [0.1, 0.15) is 10.4 Å². The molecule has 1 aromatic carbocycles. The Bertz CT molecular complexity index is 836. The van der Waals surface area contributed by atoms with Crippen LogP contribution in [0.5, 0.6) is 5.88 Å². The molecule has 1 N–H and O–H groups in total. The quantitative estimate of drug-likeness (QED) is 0.884. The smallest absolute Gasteiger partial charge is 0.310 e. The predicted molar refractivity (Wildman–Crippen MR) is 92.3 cm³/mol. The van der Waals surface area contributed by atoms with Crippen LogP contribution in [0.3, 0.4) is 0 Å². The van der Waals surface area contributed by atoms with Gasteiger partial charge in [0.2, 0.25) is 5.88 Å². The number of thiazole rings is 1. The van der Waals surface area contributed by atoms with E-state index < -0.39 is 0 Å². The van der Waals surface area contributed by atoms with Crippen molar-refractivity contribution in [3.8, 4) is 5.88 Å². The summed E-state index contributed by atoms with van der Waals surface area (Å²) in [6.45, 7) is 0.703. The fraction of sp³-hybridized carbons (Fsp3) is 0.200. The Balaban J connectivity index is 2.00. The van der Waals surface area contributed by atoms with E-state index in [-0.39, 0.29) is 10.8 Å². The first-order valence-electron chi connectivity index (χ1n) is 6.57. The summed E-state index contributed by atoms with van der Waals surface area (Å²) < 4.78 is 7.22. The summed E-state index contributed by atoms with van der Waals surface area (Å²) in [4.78, 5) is 16.6. The normalized spacial score (nSPS) is 14.7. The summed E-state index contributed by atoms with van der Waals surface area (Å²) in [6.07, 6.45) is 3.52. The Hall–Kier alpha value is -1.70. The van der Waals surface area contributed by atoms with Crippen molar-refractivity contribution in [2.24, 2.45) is 4.99 Å². The highest BCUT2D eigenvalue weighted by Gasteiger charge is 2.16. The van der Waals surface area contributed by atoms with Gasteiger partial charge in [0.05, 0.1) is 23.7 Å². The highest BCUT2D eigenvalue weighted by atomic mass is 79.9. The highest BCUT2D eigenvalue weighted by molar-refractivity contribution is 9.10. The molecule has 2 aromatic rings. The minimum atomic E-state index is -0.203. The number of nitrogens with zero attached hydrogens (tertiary/aromatic N) is 2. The first kappa shape index (κ1) is 15.2. The van der Waals surface area contributed by atoms with Crippen LogP contribution in [-0.2, 0) is 11.3 Å². The second kappa shape index (κ2) is 6.20. The van der Waals surface area contributed by atoms with E-state index in [0.29, 0.717) is 18.0 Å². The fourth-order valence-corrected chi connectivity index (χ4v) is 3.43. The molecule has 0 aliphatic carbocycles. The number of aromatic nitrogens is 1. The third-order valence-electron chi connectivity index (χ3n) is 3.31. The summed E-state index contributed by atoms with van der Waals surface area (Å²) in [5.74, 6) is -0.0311. The van der Waals surface area contributed by atoms with Gasteiger partial charge in [-0.25, -0.2) is 0 Å². The van der Waals surface area contributed by atoms with Crippen molar-refractivity contribution in [3.05, 3.63) is 42.8 Å². The van der Waals surface area contributed by atoms with E-state index in [1.165, 1.54) is 4.57 Å². The molecule has 5 nitrogen and oxygen atoms in total. The van der Waals surface area contributed by atoms with E-state index in [4.69, 9.17) is 4.74 Å². The molecule has 0 bridgehead atoms. The molecule has 3 rings (SSSR count). The average molecular weight is 381 g/mol. The number of aromatic hydroxyl groups is 1. The second-order valence-corrected chi connectivity index (χ2v) is 6.63. The Kier molecular flexibility index (Phi) is 4.28. The molecular weight excluding hydrogens is 368 g/mol. The van der Waals surface area contributed by atoms with Gasteiger partial charge in [0.25, 0.3) is 0 Å². The molecule has 0 radical (unpaired) electrons. The summed E-state index contributed by atoms with van der Waals surface area (Å²) in [6, 6.07) is 5.81. The molecule has 1 aromatic heterocycles. The second-order valence-electron chi connectivity index (χ2n) is 4.72. The van der Waals surface area contributed by atoms with E-state index in [0.717, 1.165) is 32.6 Å². The lowest BCUT2D eigenvalue weighted by Gasteiger charge is -2.02. The Labute approximate surface area is 139 Å². The first-order chi connectivity index (χ1) is 10.6. The van der Waals surface area contributed by atoms with Crippen LogP contribution < -0.4 is 4.87 Å². The molecule has 0 saturated heterocycles. The van der Waals surface area contributed by atoms with Crippen molar-refractivity contribution in [2.75, 3.05) is 13.7 Å². The van der Waals surface area contributed by atoms with Crippen LogP contribution in [0, 0.1) is 0 Å². The number of hydrogen-bond donors (Lipinski definition) is 1. The lowest BCUT2D eigenvalue weighted by atomic mass is 10.1. The van der Waals surface area contributed by atoms with Crippen molar-refractivity contribution < 1.29 is 9.84 Å². The summed E-state index contributed by atoms with van der Waals surface area (Å²) >= 11 is 4.45. The first-order valence-corrected chi connectivity index (χ1v) is 8.18. The number of ether oxygens (including phenoxy) is 1.